The van der Waals surface area contributed by atoms with Gasteiger partial charge in [-0.2, -0.15) is 0 Å². The van der Waals surface area contributed by atoms with Crippen LogP contribution in [0.3, 0.4) is 0 Å². The molecule has 1 fully saturated rings. The second kappa shape index (κ2) is 6.84. The smallest absolute Gasteiger partial charge is 0.206 e. The van der Waals surface area contributed by atoms with Crippen molar-refractivity contribution in [3.63, 3.8) is 0 Å². The minimum absolute atomic E-state index is 0.196. The van der Waals surface area contributed by atoms with Gasteiger partial charge in [0.15, 0.2) is 0 Å². The fourth-order valence-corrected chi connectivity index (χ4v) is 3.65. The predicted octanol–water partition coefficient (Wildman–Crippen LogP) is 3.43. The summed E-state index contributed by atoms with van der Waals surface area (Å²) in [6.07, 6.45) is 2.08. The largest absolute Gasteiger partial charge is 0.396 e. The number of para-hydroxylation sites is 2. The summed E-state index contributed by atoms with van der Waals surface area (Å²) in [4.78, 5) is 7.04. The first-order valence-corrected chi connectivity index (χ1v) is 8.80. The standard InChI is InChI=1S/C20H22FN3O/c21-17-8-2-1-7-16(17)13-24-19-10-4-3-9-18(19)22-20(24)23-11-5-6-15(12-23)14-25/h1-4,7-10,15,25H,5-6,11-14H2/t15-/m0/s1. The maximum Gasteiger partial charge on any atom is 0.206 e. The first-order valence-electron chi connectivity index (χ1n) is 8.80. The van der Waals surface area contributed by atoms with Crippen LogP contribution in [0.2, 0.25) is 0 Å². The molecule has 0 aliphatic carbocycles. The Bertz CT molecular complexity index is 876. The molecule has 2 heterocycles. The summed E-state index contributed by atoms with van der Waals surface area (Å²) in [5.41, 5.74) is 2.58. The van der Waals surface area contributed by atoms with E-state index in [1.807, 2.05) is 36.4 Å². The maximum atomic E-state index is 14.2. The Hall–Kier alpha value is -2.40. The molecule has 3 aromatic rings. The molecule has 1 saturated heterocycles. The predicted molar refractivity (Wildman–Crippen MR) is 97.3 cm³/mol. The Morgan fingerprint density at radius 3 is 2.76 bits per heavy atom. The van der Waals surface area contributed by atoms with Crippen molar-refractivity contribution in [3.05, 3.63) is 59.9 Å². The Labute approximate surface area is 146 Å². The number of aromatic nitrogens is 2. The molecule has 130 valence electrons. The third-order valence-corrected chi connectivity index (χ3v) is 4.98. The maximum absolute atomic E-state index is 14.2. The highest BCUT2D eigenvalue weighted by Crippen LogP contribution is 2.28. The Kier molecular flexibility index (Phi) is 4.40. The number of halogens is 1. The summed E-state index contributed by atoms with van der Waals surface area (Å²) in [6.45, 7) is 2.35. The Balaban J connectivity index is 1.77. The summed E-state index contributed by atoms with van der Waals surface area (Å²) in [7, 11) is 0. The SMILES string of the molecule is OC[C@H]1CCCN(c2nc3ccccc3n2Cc2ccccc2F)C1. The highest BCUT2D eigenvalue weighted by atomic mass is 19.1. The number of benzene rings is 2. The van der Waals surface area contributed by atoms with Gasteiger partial charge in [-0.05, 0) is 37.0 Å². The zero-order valence-electron chi connectivity index (χ0n) is 14.1. The van der Waals surface area contributed by atoms with Crippen LogP contribution < -0.4 is 4.90 Å². The Morgan fingerprint density at radius 2 is 1.92 bits per heavy atom. The van der Waals surface area contributed by atoms with Gasteiger partial charge in [0.05, 0.1) is 17.6 Å². The number of hydrogen-bond donors (Lipinski definition) is 1. The number of aliphatic hydroxyl groups is 1. The quantitative estimate of drug-likeness (QED) is 0.792. The molecule has 0 amide bonds. The van der Waals surface area contributed by atoms with Crippen LogP contribution in [0.25, 0.3) is 11.0 Å². The molecule has 0 radical (unpaired) electrons. The summed E-state index contributed by atoms with van der Waals surface area (Å²) in [5, 5.41) is 9.53. The van der Waals surface area contributed by atoms with E-state index in [4.69, 9.17) is 4.98 Å². The third-order valence-electron chi connectivity index (χ3n) is 4.98. The molecule has 1 N–H and O–H groups in total. The van der Waals surface area contributed by atoms with E-state index in [0.717, 1.165) is 42.9 Å². The molecule has 5 heteroatoms. The van der Waals surface area contributed by atoms with Gasteiger partial charge in [0.25, 0.3) is 0 Å². The molecule has 0 saturated carbocycles. The monoisotopic (exact) mass is 339 g/mol. The van der Waals surface area contributed by atoms with Gasteiger partial charge in [-0.15, -0.1) is 0 Å². The lowest BCUT2D eigenvalue weighted by Gasteiger charge is -2.33. The number of piperidine rings is 1. The average Bonchev–Trinajstić information content (AvgIpc) is 3.02. The van der Waals surface area contributed by atoms with Crippen LogP contribution in [-0.4, -0.2) is 34.4 Å². The van der Waals surface area contributed by atoms with Crippen LogP contribution in [0.4, 0.5) is 10.3 Å². The lowest BCUT2D eigenvalue weighted by molar-refractivity contribution is 0.208. The van der Waals surface area contributed by atoms with Crippen LogP contribution in [-0.2, 0) is 6.54 Å². The number of nitrogens with zero attached hydrogens (tertiary/aromatic N) is 3. The van der Waals surface area contributed by atoms with E-state index in [1.54, 1.807) is 6.07 Å². The summed E-state index contributed by atoms with van der Waals surface area (Å²) in [5.74, 6) is 0.941. The lowest BCUT2D eigenvalue weighted by atomic mass is 9.99. The Morgan fingerprint density at radius 1 is 1.12 bits per heavy atom. The number of fused-ring (bicyclic) bond motifs is 1. The number of imidazole rings is 1. The van der Waals surface area contributed by atoms with Crippen molar-refractivity contribution in [2.45, 2.75) is 19.4 Å². The van der Waals surface area contributed by atoms with Crippen LogP contribution in [0.15, 0.2) is 48.5 Å². The van der Waals surface area contributed by atoms with E-state index in [9.17, 15) is 9.50 Å². The number of anilines is 1. The van der Waals surface area contributed by atoms with Crippen molar-refractivity contribution in [1.29, 1.82) is 0 Å². The van der Waals surface area contributed by atoms with Gasteiger partial charge in [0.2, 0.25) is 5.95 Å². The first-order chi connectivity index (χ1) is 12.3. The number of hydrogen-bond acceptors (Lipinski definition) is 3. The van der Waals surface area contributed by atoms with Crippen molar-refractivity contribution < 1.29 is 9.50 Å². The summed E-state index contributed by atoms with van der Waals surface area (Å²) >= 11 is 0. The van der Waals surface area contributed by atoms with Crippen molar-refractivity contribution in [1.82, 2.24) is 9.55 Å². The molecule has 0 bridgehead atoms. The third kappa shape index (κ3) is 3.12. The fourth-order valence-electron chi connectivity index (χ4n) is 3.65. The van der Waals surface area contributed by atoms with E-state index >= 15 is 0 Å². The normalized spacial score (nSPS) is 18.0. The highest BCUT2D eigenvalue weighted by Gasteiger charge is 2.24. The van der Waals surface area contributed by atoms with Crippen molar-refractivity contribution in [3.8, 4) is 0 Å². The molecule has 4 nitrogen and oxygen atoms in total. The van der Waals surface area contributed by atoms with E-state index in [-0.39, 0.29) is 18.3 Å². The zero-order valence-corrected chi connectivity index (χ0v) is 14.1. The van der Waals surface area contributed by atoms with Gasteiger partial charge in [0.1, 0.15) is 5.82 Å². The van der Waals surface area contributed by atoms with Crippen LogP contribution in [0.1, 0.15) is 18.4 Å². The summed E-state index contributed by atoms with van der Waals surface area (Å²) < 4.78 is 16.3. The first kappa shape index (κ1) is 16.1. The van der Waals surface area contributed by atoms with Gasteiger partial charge in [-0.25, -0.2) is 9.37 Å². The minimum Gasteiger partial charge on any atom is -0.396 e. The average molecular weight is 339 g/mol. The van der Waals surface area contributed by atoms with Crippen LogP contribution in [0, 0.1) is 11.7 Å². The van der Waals surface area contributed by atoms with Crippen LogP contribution >= 0.6 is 0 Å². The lowest BCUT2D eigenvalue weighted by Crippen LogP contribution is -2.38. The molecule has 0 unspecified atom stereocenters. The number of rotatable bonds is 4. The van der Waals surface area contributed by atoms with Gasteiger partial charge in [-0.3, -0.25) is 0 Å². The van der Waals surface area contributed by atoms with Gasteiger partial charge < -0.3 is 14.6 Å². The minimum atomic E-state index is -0.196. The van der Waals surface area contributed by atoms with E-state index < -0.39 is 0 Å². The fraction of sp³-hybridized carbons (Fsp3) is 0.350. The molecule has 2 aromatic carbocycles. The molecule has 25 heavy (non-hydrogen) atoms. The van der Waals surface area contributed by atoms with E-state index in [0.29, 0.717) is 12.1 Å². The van der Waals surface area contributed by atoms with Crippen molar-refractivity contribution in [2.75, 3.05) is 24.6 Å². The molecule has 1 atom stereocenters. The molecular weight excluding hydrogens is 317 g/mol. The molecule has 1 aliphatic rings. The second-order valence-electron chi connectivity index (χ2n) is 6.71. The van der Waals surface area contributed by atoms with Gasteiger partial charge in [0, 0.05) is 25.3 Å². The molecule has 1 aromatic heterocycles. The highest BCUT2D eigenvalue weighted by molar-refractivity contribution is 5.79. The second-order valence-corrected chi connectivity index (χ2v) is 6.71. The number of aliphatic hydroxyl groups excluding tert-OH is 1. The van der Waals surface area contributed by atoms with Gasteiger partial charge in [-0.1, -0.05) is 30.3 Å². The van der Waals surface area contributed by atoms with E-state index in [1.165, 1.54) is 6.07 Å². The molecule has 0 spiro atoms. The van der Waals surface area contributed by atoms with E-state index in [2.05, 4.69) is 9.47 Å². The summed E-state index contributed by atoms with van der Waals surface area (Å²) in [6, 6.07) is 14.9. The zero-order chi connectivity index (χ0) is 17.2. The molecule has 1 aliphatic heterocycles. The van der Waals surface area contributed by atoms with Crippen molar-refractivity contribution in [2.24, 2.45) is 5.92 Å². The van der Waals surface area contributed by atoms with Crippen LogP contribution in [0.5, 0.6) is 0 Å². The molecule has 4 rings (SSSR count). The molecular formula is C20H22FN3O. The van der Waals surface area contributed by atoms with Gasteiger partial charge >= 0.3 is 0 Å². The topological polar surface area (TPSA) is 41.3 Å². The van der Waals surface area contributed by atoms with Crippen molar-refractivity contribution >= 4 is 17.0 Å².